The number of ether oxygens (including phenoxy) is 2. The van der Waals surface area contributed by atoms with E-state index in [0.29, 0.717) is 19.4 Å². The molecule has 4 rings (SSSR count). The van der Waals surface area contributed by atoms with Crippen molar-refractivity contribution in [3.05, 3.63) is 102 Å². The number of hydrogen-bond donors (Lipinski definition) is 0. The molecule has 1 atom stereocenters. The molecule has 0 radical (unpaired) electrons. The molecule has 1 aliphatic rings. The molecule has 158 valence electrons. The first-order valence-electron chi connectivity index (χ1n) is 10.5. The Morgan fingerprint density at radius 2 is 1.52 bits per heavy atom. The summed E-state index contributed by atoms with van der Waals surface area (Å²) in [6, 6.07) is 27.3. The zero-order valence-electron chi connectivity index (χ0n) is 17.3. The first-order valence-corrected chi connectivity index (χ1v) is 10.5. The smallest absolute Gasteiger partial charge is 0.416 e. The second kappa shape index (κ2) is 9.94. The van der Waals surface area contributed by atoms with Crippen LogP contribution in [0.1, 0.15) is 23.1 Å². The van der Waals surface area contributed by atoms with Gasteiger partial charge < -0.3 is 9.47 Å². The van der Waals surface area contributed by atoms with Gasteiger partial charge in [-0.3, -0.25) is 4.79 Å². The third-order valence-corrected chi connectivity index (χ3v) is 5.34. The molecule has 0 saturated carbocycles. The number of cyclic esters (lactones) is 1. The van der Waals surface area contributed by atoms with Crippen molar-refractivity contribution in [2.75, 3.05) is 6.61 Å². The molecule has 3 aromatic carbocycles. The number of rotatable bonds is 8. The number of amides is 2. The maximum Gasteiger partial charge on any atom is 0.416 e. The Labute approximate surface area is 182 Å². The summed E-state index contributed by atoms with van der Waals surface area (Å²) in [5.74, 6) is 0.581. The van der Waals surface area contributed by atoms with E-state index in [1.165, 1.54) is 4.90 Å². The molecule has 0 spiro atoms. The summed E-state index contributed by atoms with van der Waals surface area (Å²) in [6.07, 6.45) is 0.867. The molecule has 0 bridgehead atoms. The predicted octanol–water partition coefficient (Wildman–Crippen LogP) is 4.79. The van der Waals surface area contributed by atoms with Crippen molar-refractivity contribution < 1.29 is 19.1 Å². The molecule has 5 nitrogen and oxygen atoms in total. The molecule has 5 heteroatoms. The van der Waals surface area contributed by atoms with Gasteiger partial charge in [-0.15, -0.1) is 0 Å². The van der Waals surface area contributed by atoms with E-state index in [4.69, 9.17) is 9.47 Å². The Balaban J connectivity index is 1.29. The Bertz CT molecular complexity index is 1000. The van der Waals surface area contributed by atoms with Crippen molar-refractivity contribution in [1.29, 1.82) is 0 Å². The normalized spacial score (nSPS) is 15.5. The van der Waals surface area contributed by atoms with E-state index in [-0.39, 0.29) is 25.0 Å². The fourth-order valence-electron chi connectivity index (χ4n) is 3.67. The summed E-state index contributed by atoms with van der Waals surface area (Å²) in [7, 11) is 0. The zero-order chi connectivity index (χ0) is 21.5. The van der Waals surface area contributed by atoms with Crippen LogP contribution in [0, 0.1) is 0 Å². The van der Waals surface area contributed by atoms with Crippen LogP contribution in [0.3, 0.4) is 0 Å². The van der Waals surface area contributed by atoms with Crippen molar-refractivity contribution in [2.45, 2.75) is 31.9 Å². The first kappa shape index (κ1) is 20.7. The molecule has 3 aromatic rings. The van der Waals surface area contributed by atoms with Crippen LogP contribution in [0.4, 0.5) is 4.79 Å². The molecule has 31 heavy (non-hydrogen) atoms. The van der Waals surface area contributed by atoms with E-state index in [1.54, 1.807) is 0 Å². The lowest BCUT2D eigenvalue weighted by molar-refractivity contribution is -0.129. The lowest BCUT2D eigenvalue weighted by Crippen LogP contribution is -2.40. The van der Waals surface area contributed by atoms with Gasteiger partial charge in [0.25, 0.3) is 0 Å². The van der Waals surface area contributed by atoms with Crippen LogP contribution in [-0.2, 0) is 29.0 Å². The Kier molecular flexibility index (Phi) is 6.62. The summed E-state index contributed by atoms with van der Waals surface area (Å²) in [4.78, 5) is 26.2. The highest BCUT2D eigenvalue weighted by Gasteiger charge is 2.37. The van der Waals surface area contributed by atoms with Crippen molar-refractivity contribution >= 4 is 12.0 Å². The first-order chi connectivity index (χ1) is 15.2. The maximum absolute atomic E-state index is 12.8. The van der Waals surface area contributed by atoms with Gasteiger partial charge in [0.15, 0.2) is 0 Å². The van der Waals surface area contributed by atoms with Gasteiger partial charge in [-0.2, -0.15) is 0 Å². The SMILES string of the molecule is O=C(CCc1ccc(OCc2ccccc2)cc1)N1C(=O)OC[C@@H]1Cc1ccccc1. The van der Waals surface area contributed by atoms with Gasteiger partial charge in [0.05, 0.1) is 6.04 Å². The Hall–Kier alpha value is -3.60. The highest BCUT2D eigenvalue weighted by atomic mass is 16.6. The molecule has 0 unspecified atom stereocenters. The summed E-state index contributed by atoms with van der Waals surface area (Å²) >= 11 is 0. The summed E-state index contributed by atoms with van der Waals surface area (Å²) in [6.45, 7) is 0.755. The Morgan fingerprint density at radius 3 is 2.19 bits per heavy atom. The molecule has 1 fully saturated rings. The molecule has 0 aliphatic carbocycles. The monoisotopic (exact) mass is 415 g/mol. The average molecular weight is 415 g/mol. The summed E-state index contributed by atoms with van der Waals surface area (Å²) in [5.41, 5.74) is 3.21. The van der Waals surface area contributed by atoms with Crippen LogP contribution in [0.2, 0.25) is 0 Å². The lowest BCUT2D eigenvalue weighted by atomic mass is 10.0. The molecule has 0 aromatic heterocycles. The van der Waals surface area contributed by atoms with Crippen LogP contribution < -0.4 is 4.74 Å². The lowest BCUT2D eigenvalue weighted by Gasteiger charge is -2.19. The predicted molar refractivity (Wildman–Crippen MR) is 118 cm³/mol. The van der Waals surface area contributed by atoms with Crippen LogP contribution in [0.5, 0.6) is 5.75 Å². The van der Waals surface area contributed by atoms with E-state index in [1.807, 2.05) is 84.9 Å². The number of benzene rings is 3. The number of imide groups is 1. The standard InChI is InChI=1S/C26H25NO4/c28-25(27-23(19-31-26(27)29)17-21-7-3-1-4-8-21)16-13-20-11-14-24(15-12-20)30-18-22-9-5-2-6-10-22/h1-12,14-15,23H,13,16-19H2/t23-/m0/s1. The van der Waals surface area contributed by atoms with Crippen LogP contribution in [0.25, 0.3) is 0 Å². The van der Waals surface area contributed by atoms with Crippen LogP contribution >= 0.6 is 0 Å². The second-order valence-electron chi connectivity index (χ2n) is 7.60. The van der Waals surface area contributed by atoms with Crippen molar-refractivity contribution in [2.24, 2.45) is 0 Å². The van der Waals surface area contributed by atoms with Crippen molar-refractivity contribution in [3.8, 4) is 5.75 Å². The van der Waals surface area contributed by atoms with E-state index < -0.39 is 6.09 Å². The van der Waals surface area contributed by atoms with Crippen LogP contribution in [-0.4, -0.2) is 29.5 Å². The van der Waals surface area contributed by atoms with E-state index in [9.17, 15) is 9.59 Å². The van der Waals surface area contributed by atoms with Crippen molar-refractivity contribution in [3.63, 3.8) is 0 Å². The van der Waals surface area contributed by atoms with E-state index in [2.05, 4.69) is 0 Å². The number of nitrogens with zero attached hydrogens (tertiary/aromatic N) is 1. The average Bonchev–Trinajstić information content (AvgIpc) is 3.18. The third-order valence-electron chi connectivity index (χ3n) is 5.34. The van der Waals surface area contributed by atoms with Gasteiger partial charge in [-0.1, -0.05) is 72.8 Å². The van der Waals surface area contributed by atoms with E-state index in [0.717, 1.165) is 22.4 Å². The largest absolute Gasteiger partial charge is 0.489 e. The van der Waals surface area contributed by atoms with E-state index >= 15 is 0 Å². The van der Waals surface area contributed by atoms with Crippen LogP contribution in [0.15, 0.2) is 84.9 Å². The topological polar surface area (TPSA) is 55.8 Å². The van der Waals surface area contributed by atoms with Gasteiger partial charge in [0, 0.05) is 6.42 Å². The molecular formula is C26H25NO4. The Morgan fingerprint density at radius 1 is 0.871 bits per heavy atom. The number of hydrogen-bond acceptors (Lipinski definition) is 4. The summed E-state index contributed by atoms with van der Waals surface area (Å²) < 4.78 is 11.0. The third kappa shape index (κ3) is 5.51. The molecule has 2 amide bonds. The van der Waals surface area contributed by atoms with Gasteiger partial charge in [-0.05, 0) is 41.7 Å². The van der Waals surface area contributed by atoms with Gasteiger partial charge in [0.2, 0.25) is 5.91 Å². The fourth-order valence-corrected chi connectivity index (χ4v) is 3.67. The van der Waals surface area contributed by atoms with Gasteiger partial charge in [-0.25, -0.2) is 9.69 Å². The minimum Gasteiger partial charge on any atom is -0.489 e. The zero-order valence-corrected chi connectivity index (χ0v) is 17.3. The fraction of sp³-hybridized carbons (Fsp3) is 0.231. The van der Waals surface area contributed by atoms with Gasteiger partial charge >= 0.3 is 6.09 Å². The van der Waals surface area contributed by atoms with Crippen molar-refractivity contribution in [1.82, 2.24) is 4.90 Å². The molecule has 1 heterocycles. The highest BCUT2D eigenvalue weighted by Crippen LogP contribution is 2.20. The minimum atomic E-state index is -0.546. The number of carbonyl (C=O) groups is 2. The minimum absolute atomic E-state index is 0.201. The molecule has 1 saturated heterocycles. The second-order valence-corrected chi connectivity index (χ2v) is 7.60. The molecule has 0 N–H and O–H groups in total. The molecule has 1 aliphatic heterocycles. The highest BCUT2D eigenvalue weighted by molar-refractivity contribution is 5.93. The van der Waals surface area contributed by atoms with Gasteiger partial charge in [0.1, 0.15) is 19.0 Å². The molecular weight excluding hydrogens is 390 g/mol. The quantitative estimate of drug-likeness (QED) is 0.531. The number of carbonyl (C=O) groups excluding carboxylic acids is 2. The number of aryl methyl sites for hydroxylation is 1. The summed E-state index contributed by atoms with van der Waals surface area (Å²) in [5, 5.41) is 0. The maximum atomic E-state index is 12.8.